The zero-order valence-corrected chi connectivity index (χ0v) is 11.8. The van der Waals surface area contributed by atoms with E-state index in [4.69, 9.17) is 18.0 Å². The number of thiocarbonyl (C=S) groups is 1. The average Bonchev–Trinajstić information content (AvgIpc) is 1.96. The molecule has 16 heavy (non-hydrogen) atoms. The molecule has 5 nitrogen and oxygen atoms in total. The van der Waals surface area contributed by atoms with Crippen molar-refractivity contribution in [2.45, 2.75) is 52.1 Å². The Balaban J connectivity index is 4.50. The van der Waals surface area contributed by atoms with Gasteiger partial charge in [-0.3, -0.25) is 0 Å². The Bertz CT molecular complexity index is 333. The van der Waals surface area contributed by atoms with Crippen LogP contribution in [-0.2, 0) is 10.2 Å². The van der Waals surface area contributed by atoms with Crippen molar-refractivity contribution in [1.29, 1.82) is 0 Å². The van der Waals surface area contributed by atoms with Crippen molar-refractivity contribution < 1.29 is 8.42 Å². The van der Waals surface area contributed by atoms with Gasteiger partial charge in [0.05, 0.1) is 4.99 Å². The zero-order valence-electron chi connectivity index (χ0n) is 10.2. The molecule has 0 bridgehead atoms. The average molecular weight is 267 g/mol. The van der Waals surface area contributed by atoms with E-state index in [2.05, 4.69) is 9.44 Å². The predicted octanol–water partition coefficient (Wildman–Crippen LogP) is 0.664. The number of hydrogen-bond donors (Lipinski definition) is 3. The molecule has 7 heteroatoms. The standard InChI is InChI=1S/C9H21N3O2S2/c1-5-7(6-8(10)15)11-16(13,14)12-9(2,3)4/h7,11-12H,5-6H2,1-4H3,(H2,10,15). The molecule has 0 aliphatic carbocycles. The van der Waals surface area contributed by atoms with Gasteiger partial charge in [-0.25, -0.2) is 0 Å². The van der Waals surface area contributed by atoms with Crippen LogP contribution in [0.4, 0.5) is 0 Å². The molecular formula is C9H21N3O2S2. The molecule has 0 spiro atoms. The highest BCUT2D eigenvalue weighted by Gasteiger charge is 2.22. The van der Waals surface area contributed by atoms with Gasteiger partial charge in [-0.1, -0.05) is 19.1 Å². The fraction of sp³-hybridized carbons (Fsp3) is 0.889. The van der Waals surface area contributed by atoms with Crippen LogP contribution < -0.4 is 15.2 Å². The van der Waals surface area contributed by atoms with E-state index in [1.807, 2.05) is 6.92 Å². The summed E-state index contributed by atoms with van der Waals surface area (Å²) >= 11 is 4.76. The highest BCUT2D eigenvalue weighted by atomic mass is 32.2. The summed E-state index contributed by atoms with van der Waals surface area (Å²) in [6.07, 6.45) is 1.01. The van der Waals surface area contributed by atoms with Gasteiger partial charge in [-0.05, 0) is 27.2 Å². The number of rotatable bonds is 6. The lowest BCUT2D eigenvalue weighted by Gasteiger charge is -2.23. The quantitative estimate of drug-likeness (QED) is 0.617. The highest BCUT2D eigenvalue weighted by molar-refractivity contribution is 7.87. The second-order valence-electron chi connectivity index (χ2n) is 4.75. The third kappa shape index (κ3) is 7.98. The second kappa shape index (κ2) is 5.90. The third-order valence-electron chi connectivity index (χ3n) is 1.70. The maximum atomic E-state index is 11.7. The molecule has 0 amide bonds. The van der Waals surface area contributed by atoms with Gasteiger partial charge in [0.25, 0.3) is 10.2 Å². The maximum Gasteiger partial charge on any atom is 0.277 e. The van der Waals surface area contributed by atoms with Gasteiger partial charge < -0.3 is 5.73 Å². The maximum absolute atomic E-state index is 11.7. The summed E-state index contributed by atoms with van der Waals surface area (Å²) < 4.78 is 28.4. The molecule has 0 aromatic carbocycles. The first kappa shape index (κ1) is 15.8. The lowest BCUT2D eigenvalue weighted by molar-refractivity contribution is 0.472. The molecule has 0 aromatic heterocycles. The van der Waals surface area contributed by atoms with Crippen LogP contribution in [-0.4, -0.2) is 25.0 Å². The van der Waals surface area contributed by atoms with Crippen LogP contribution in [0.15, 0.2) is 0 Å². The highest BCUT2D eigenvalue weighted by Crippen LogP contribution is 2.04. The van der Waals surface area contributed by atoms with Crippen molar-refractivity contribution in [3.05, 3.63) is 0 Å². The first-order valence-electron chi connectivity index (χ1n) is 5.15. The Morgan fingerprint density at radius 3 is 2.25 bits per heavy atom. The summed E-state index contributed by atoms with van der Waals surface area (Å²) in [7, 11) is -3.51. The summed E-state index contributed by atoms with van der Waals surface area (Å²) in [6, 6.07) is -0.252. The van der Waals surface area contributed by atoms with Gasteiger partial charge in [0, 0.05) is 18.0 Å². The SMILES string of the molecule is CCC(CC(N)=S)NS(=O)(=O)NC(C)(C)C. The normalized spacial score (nSPS) is 14.8. The summed E-state index contributed by atoms with van der Waals surface area (Å²) in [4.78, 5) is 0.310. The van der Waals surface area contributed by atoms with Crippen LogP contribution in [0.1, 0.15) is 40.5 Å². The molecule has 0 fully saturated rings. The molecule has 0 aromatic rings. The second-order valence-corrected chi connectivity index (χ2v) is 6.72. The van der Waals surface area contributed by atoms with E-state index >= 15 is 0 Å². The van der Waals surface area contributed by atoms with Crippen LogP contribution in [0.5, 0.6) is 0 Å². The first-order valence-corrected chi connectivity index (χ1v) is 7.04. The molecule has 4 N–H and O–H groups in total. The number of hydrogen-bond acceptors (Lipinski definition) is 3. The number of nitrogens with one attached hydrogen (secondary N) is 2. The molecule has 0 aliphatic rings. The van der Waals surface area contributed by atoms with E-state index in [0.717, 1.165) is 0 Å². The topological polar surface area (TPSA) is 84.2 Å². The van der Waals surface area contributed by atoms with Gasteiger partial charge in [-0.15, -0.1) is 0 Å². The molecule has 0 saturated carbocycles. The van der Waals surface area contributed by atoms with E-state index < -0.39 is 15.7 Å². The fourth-order valence-electron chi connectivity index (χ4n) is 1.16. The van der Waals surface area contributed by atoms with Gasteiger partial charge in [0.1, 0.15) is 0 Å². The van der Waals surface area contributed by atoms with Crippen molar-refractivity contribution in [1.82, 2.24) is 9.44 Å². The van der Waals surface area contributed by atoms with E-state index in [9.17, 15) is 8.42 Å². The minimum atomic E-state index is -3.51. The van der Waals surface area contributed by atoms with E-state index in [0.29, 0.717) is 17.8 Å². The van der Waals surface area contributed by atoms with Gasteiger partial charge in [0.2, 0.25) is 0 Å². The van der Waals surface area contributed by atoms with E-state index in [1.54, 1.807) is 20.8 Å². The molecule has 1 atom stereocenters. The van der Waals surface area contributed by atoms with E-state index in [1.165, 1.54) is 0 Å². The first-order chi connectivity index (χ1) is 7.06. The van der Waals surface area contributed by atoms with Crippen molar-refractivity contribution in [2.75, 3.05) is 0 Å². The van der Waals surface area contributed by atoms with Crippen molar-refractivity contribution in [3.8, 4) is 0 Å². The summed E-state index contributed by atoms with van der Waals surface area (Å²) in [5.74, 6) is 0. The summed E-state index contributed by atoms with van der Waals surface area (Å²) in [5, 5.41) is 0. The Kier molecular flexibility index (Phi) is 5.81. The minimum Gasteiger partial charge on any atom is -0.393 e. The van der Waals surface area contributed by atoms with Crippen LogP contribution in [0.25, 0.3) is 0 Å². The Morgan fingerprint density at radius 2 is 1.94 bits per heavy atom. The number of nitrogens with two attached hydrogens (primary N) is 1. The van der Waals surface area contributed by atoms with Crippen LogP contribution in [0, 0.1) is 0 Å². The molecule has 0 radical (unpaired) electrons. The Labute approximate surface area is 103 Å². The predicted molar refractivity (Wildman–Crippen MR) is 70.4 cm³/mol. The van der Waals surface area contributed by atoms with Crippen LogP contribution in [0.2, 0.25) is 0 Å². The van der Waals surface area contributed by atoms with E-state index in [-0.39, 0.29) is 6.04 Å². The largest absolute Gasteiger partial charge is 0.393 e. The molecule has 1 unspecified atom stereocenters. The van der Waals surface area contributed by atoms with Gasteiger partial charge in [-0.2, -0.15) is 17.9 Å². The molecular weight excluding hydrogens is 246 g/mol. The lowest BCUT2D eigenvalue weighted by Crippen LogP contribution is -2.50. The fourth-order valence-corrected chi connectivity index (χ4v) is 2.92. The Morgan fingerprint density at radius 1 is 1.44 bits per heavy atom. The molecule has 96 valence electrons. The van der Waals surface area contributed by atoms with Crippen molar-refractivity contribution in [2.24, 2.45) is 5.73 Å². The summed E-state index contributed by atoms with van der Waals surface area (Å²) in [6.45, 7) is 7.21. The van der Waals surface area contributed by atoms with Gasteiger partial charge in [0.15, 0.2) is 0 Å². The minimum absolute atomic E-state index is 0.252. The van der Waals surface area contributed by atoms with Gasteiger partial charge >= 0.3 is 0 Å². The summed E-state index contributed by atoms with van der Waals surface area (Å²) in [5.41, 5.74) is 4.88. The zero-order chi connectivity index (χ0) is 13.0. The van der Waals surface area contributed by atoms with Crippen LogP contribution in [0.3, 0.4) is 0 Å². The lowest BCUT2D eigenvalue weighted by atomic mass is 10.1. The molecule has 0 saturated heterocycles. The van der Waals surface area contributed by atoms with Crippen LogP contribution >= 0.6 is 12.2 Å². The van der Waals surface area contributed by atoms with Crippen molar-refractivity contribution >= 4 is 27.4 Å². The Hall–Kier alpha value is -0.240. The molecule has 0 rings (SSSR count). The smallest absolute Gasteiger partial charge is 0.277 e. The third-order valence-corrected chi connectivity index (χ3v) is 3.39. The molecule has 0 aliphatic heterocycles. The molecule has 0 heterocycles. The van der Waals surface area contributed by atoms with Crippen molar-refractivity contribution in [3.63, 3.8) is 0 Å². The monoisotopic (exact) mass is 267 g/mol.